The van der Waals surface area contributed by atoms with Gasteiger partial charge in [-0.1, -0.05) is 55.8 Å². The van der Waals surface area contributed by atoms with Crippen LogP contribution in [0.2, 0.25) is 0 Å². The number of rotatable bonds is 6. The third kappa shape index (κ3) is 4.85. The smallest absolute Gasteiger partial charge is 0.305 e. The van der Waals surface area contributed by atoms with Gasteiger partial charge in [0.2, 0.25) is 0 Å². The van der Waals surface area contributed by atoms with E-state index >= 15 is 0 Å². The molecule has 0 unspecified atom stereocenters. The summed E-state index contributed by atoms with van der Waals surface area (Å²) in [4.78, 5) is 11.7. The molecule has 0 N–H and O–H groups in total. The fourth-order valence-electron chi connectivity index (χ4n) is 3.45. The van der Waals surface area contributed by atoms with Gasteiger partial charge >= 0.3 is 5.97 Å². The summed E-state index contributed by atoms with van der Waals surface area (Å²) in [5.41, 5.74) is 2.36. The monoisotopic (exact) mass is 338 g/mol. The van der Waals surface area contributed by atoms with E-state index in [0.29, 0.717) is 13.0 Å². The van der Waals surface area contributed by atoms with Crippen molar-refractivity contribution in [2.45, 2.75) is 57.7 Å². The van der Waals surface area contributed by atoms with Crippen LogP contribution in [0.25, 0.3) is 0 Å². The van der Waals surface area contributed by atoms with E-state index in [4.69, 9.17) is 9.47 Å². The van der Waals surface area contributed by atoms with Gasteiger partial charge in [-0.05, 0) is 42.5 Å². The Balaban J connectivity index is 1.69. The fourth-order valence-corrected chi connectivity index (χ4v) is 3.45. The normalized spacial score (nSPS) is 20.0. The van der Waals surface area contributed by atoms with Crippen LogP contribution in [0.4, 0.5) is 0 Å². The van der Waals surface area contributed by atoms with Gasteiger partial charge < -0.3 is 9.47 Å². The Morgan fingerprint density at radius 2 is 1.84 bits per heavy atom. The number of esters is 1. The average Bonchev–Trinajstić information content (AvgIpc) is 2.68. The molecule has 2 aromatic carbocycles. The molecule has 1 saturated carbocycles. The van der Waals surface area contributed by atoms with Gasteiger partial charge in [-0.3, -0.25) is 4.79 Å². The topological polar surface area (TPSA) is 35.5 Å². The lowest BCUT2D eigenvalue weighted by Crippen LogP contribution is -2.28. The summed E-state index contributed by atoms with van der Waals surface area (Å²) >= 11 is 0. The summed E-state index contributed by atoms with van der Waals surface area (Å²) in [7, 11) is 0. The van der Waals surface area contributed by atoms with E-state index in [9.17, 15) is 4.79 Å². The maximum absolute atomic E-state index is 11.7. The fraction of sp³-hybridized carbons (Fsp3) is 0.409. The van der Waals surface area contributed by atoms with Gasteiger partial charge in [0.25, 0.3) is 0 Å². The Morgan fingerprint density at radius 3 is 2.64 bits per heavy atom. The molecule has 1 aliphatic carbocycles. The first-order valence-corrected chi connectivity index (χ1v) is 9.22. The second kappa shape index (κ2) is 8.70. The van der Waals surface area contributed by atoms with Crippen LogP contribution < -0.4 is 4.74 Å². The van der Waals surface area contributed by atoms with Crippen molar-refractivity contribution in [2.75, 3.05) is 0 Å². The Labute approximate surface area is 150 Å². The van der Waals surface area contributed by atoms with Crippen LogP contribution in [0.1, 0.15) is 56.1 Å². The van der Waals surface area contributed by atoms with Gasteiger partial charge in [-0.15, -0.1) is 0 Å². The molecular weight excluding hydrogens is 312 g/mol. The van der Waals surface area contributed by atoms with Crippen molar-refractivity contribution in [1.29, 1.82) is 0 Å². The lowest BCUT2D eigenvalue weighted by atomic mass is 9.81. The van der Waals surface area contributed by atoms with Gasteiger partial charge in [-0.25, -0.2) is 0 Å². The molecule has 25 heavy (non-hydrogen) atoms. The molecule has 1 aliphatic rings. The zero-order valence-corrected chi connectivity index (χ0v) is 14.8. The summed E-state index contributed by atoms with van der Waals surface area (Å²) in [5.74, 6) is 1.03. The summed E-state index contributed by atoms with van der Waals surface area (Å²) in [6, 6.07) is 18.4. The lowest BCUT2D eigenvalue weighted by Gasteiger charge is -2.31. The molecule has 0 heterocycles. The molecule has 2 atom stereocenters. The number of hydrogen-bond acceptors (Lipinski definition) is 3. The Hall–Kier alpha value is -2.29. The molecule has 0 saturated heterocycles. The van der Waals surface area contributed by atoms with E-state index in [1.54, 1.807) is 0 Å². The maximum atomic E-state index is 11.7. The van der Waals surface area contributed by atoms with Gasteiger partial charge in [-0.2, -0.15) is 0 Å². The van der Waals surface area contributed by atoms with E-state index < -0.39 is 0 Å². The number of carbonyl (C=O) groups is 1. The van der Waals surface area contributed by atoms with Crippen LogP contribution in [0.5, 0.6) is 5.75 Å². The first-order valence-electron chi connectivity index (χ1n) is 9.22. The van der Waals surface area contributed by atoms with Gasteiger partial charge in [0.15, 0.2) is 0 Å². The molecule has 2 aromatic rings. The van der Waals surface area contributed by atoms with Crippen molar-refractivity contribution >= 4 is 5.97 Å². The Bertz CT molecular complexity index is 681. The van der Waals surface area contributed by atoms with E-state index in [2.05, 4.69) is 24.3 Å². The minimum absolute atomic E-state index is 0.00873. The third-order valence-electron chi connectivity index (χ3n) is 4.81. The van der Waals surface area contributed by atoms with Crippen LogP contribution in [0.3, 0.4) is 0 Å². The van der Waals surface area contributed by atoms with Crippen molar-refractivity contribution in [2.24, 2.45) is 0 Å². The summed E-state index contributed by atoms with van der Waals surface area (Å²) in [5, 5.41) is 0. The lowest BCUT2D eigenvalue weighted by molar-refractivity contribution is -0.151. The van der Waals surface area contributed by atoms with Crippen molar-refractivity contribution in [3.8, 4) is 5.75 Å². The van der Waals surface area contributed by atoms with Gasteiger partial charge in [0.05, 0.1) is 0 Å². The third-order valence-corrected chi connectivity index (χ3v) is 4.81. The van der Waals surface area contributed by atoms with Gasteiger partial charge in [0.1, 0.15) is 18.5 Å². The summed E-state index contributed by atoms with van der Waals surface area (Å²) < 4.78 is 11.7. The zero-order valence-electron chi connectivity index (χ0n) is 14.8. The second-order valence-corrected chi connectivity index (χ2v) is 6.62. The molecule has 0 aromatic heterocycles. The largest absolute Gasteiger partial charge is 0.489 e. The number of carbonyl (C=O) groups excluding carboxylic acids is 1. The highest BCUT2D eigenvalue weighted by molar-refractivity contribution is 5.69. The van der Waals surface area contributed by atoms with Crippen LogP contribution >= 0.6 is 0 Å². The van der Waals surface area contributed by atoms with Crippen LogP contribution in [-0.2, 0) is 16.1 Å². The molecule has 0 spiro atoms. The highest BCUT2D eigenvalue weighted by atomic mass is 16.5. The second-order valence-electron chi connectivity index (χ2n) is 6.62. The van der Waals surface area contributed by atoms with E-state index in [1.807, 2.05) is 37.3 Å². The summed E-state index contributed by atoms with van der Waals surface area (Å²) in [6.07, 6.45) is 4.74. The number of benzene rings is 2. The molecule has 3 rings (SSSR count). The first-order chi connectivity index (χ1) is 12.3. The minimum atomic E-state index is -0.103. The van der Waals surface area contributed by atoms with Crippen molar-refractivity contribution in [1.82, 2.24) is 0 Å². The van der Waals surface area contributed by atoms with Crippen molar-refractivity contribution < 1.29 is 14.3 Å². The molecule has 0 radical (unpaired) electrons. The molecule has 1 fully saturated rings. The molecule has 132 valence electrons. The van der Waals surface area contributed by atoms with Gasteiger partial charge in [0, 0.05) is 12.3 Å². The Kier molecular flexibility index (Phi) is 6.10. The van der Waals surface area contributed by atoms with Crippen LogP contribution in [-0.4, -0.2) is 12.1 Å². The predicted molar refractivity (Wildman–Crippen MR) is 98.6 cm³/mol. The predicted octanol–water partition coefficient (Wildman–Crippen LogP) is 5.25. The SMILES string of the molecule is CCC(=O)O[C@H]1CCCC[C@@H]1c1cccc(OCc2ccccc2)c1. The van der Waals surface area contributed by atoms with E-state index in [1.165, 1.54) is 12.0 Å². The van der Waals surface area contributed by atoms with Crippen LogP contribution in [0, 0.1) is 0 Å². The van der Waals surface area contributed by atoms with Crippen molar-refractivity contribution in [3.63, 3.8) is 0 Å². The van der Waals surface area contributed by atoms with Crippen molar-refractivity contribution in [3.05, 3.63) is 65.7 Å². The number of ether oxygens (including phenoxy) is 2. The number of hydrogen-bond donors (Lipinski definition) is 0. The molecule has 3 heteroatoms. The van der Waals surface area contributed by atoms with Crippen LogP contribution in [0.15, 0.2) is 54.6 Å². The first kappa shape index (κ1) is 17.5. The highest BCUT2D eigenvalue weighted by Crippen LogP contribution is 2.36. The molecule has 0 amide bonds. The molecule has 0 bridgehead atoms. The average molecular weight is 338 g/mol. The minimum Gasteiger partial charge on any atom is -0.489 e. The zero-order chi connectivity index (χ0) is 17.5. The molecule has 3 nitrogen and oxygen atoms in total. The standard InChI is InChI=1S/C22H26O3/c1-2-22(23)25-21-14-7-6-13-20(21)18-11-8-12-19(15-18)24-16-17-9-4-3-5-10-17/h3-5,8-12,15,20-21H,2,6-7,13-14,16H2,1H3/t20-,21+/m1/s1. The summed E-state index contributed by atoms with van der Waals surface area (Å²) in [6.45, 7) is 2.40. The highest BCUT2D eigenvalue weighted by Gasteiger charge is 2.29. The van der Waals surface area contributed by atoms with E-state index in [0.717, 1.165) is 30.6 Å². The Morgan fingerprint density at radius 1 is 1.04 bits per heavy atom. The quantitative estimate of drug-likeness (QED) is 0.675. The molecular formula is C22H26O3. The maximum Gasteiger partial charge on any atom is 0.305 e. The van der Waals surface area contributed by atoms with E-state index in [-0.39, 0.29) is 18.0 Å². The molecule has 0 aliphatic heterocycles.